The lowest BCUT2D eigenvalue weighted by molar-refractivity contribution is 0.0930. The van der Waals surface area contributed by atoms with Gasteiger partial charge in [0.05, 0.1) is 5.69 Å². The topological polar surface area (TPSA) is 84.2 Å². The van der Waals surface area contributed by atoms with Crippen molar-refractivity contribution in [2.75, 3.05) is 18.0 Å². The number of aromatic nitrogens is 3. The summed E-state index contributed by atoms with van der Waals surface area (Å²) < 4.78 is 5.28. The van der Waals surface area contributed by atoms with Crippen molar-refractivity contribution in [2.24, 2.45) is 0 Å². The lowest BCUT2D eigenvalue weighted by Gasteiger charge is -2.33. The van der Waals surface area contributed by atoms with Crippen molar-refractivity contribution in [3.63, 3.8) is 0 Å². The van der Waals surface area contributed by atoms with Gasteiger partial charge >= 0.3 is 0 Å². The number of pyridine rings is 2. The van der Waals surface area contributed by atoms with Gasteiger partial charge in [-0.25, -0.2) is 4.98 Å². The number of nitrogens with zero attached hydrogens (tertiary/aromatic N) is 4. The fourth-order valence-electron chi connectivity index (χ4n) is 3.53. The molecule has 0 atom stereocenters. The first-order chi connectivity index (χ1) is 13.6. The first-order valence-corrected chi connectivity index (χ1v) is 9.49. The molecule has 144 valence electrons. The quantitative estimate of drug-likeness (QED) is 0.752. The zero-order valence-corrected chi connectivity index (χ0v) is 16.1. The van der Waals surface area contributed by atoms with Crippen LogP contribution < -0.4 is 10.2 Å². The molecular formula is C21H23N5O2. The van der Waals surface area contributed by atoms with Crippen LogP contribution in [0.4, 0.5) is 5.82 Å². The number of amides is 1. The summed E-state index contributed by atoms with van der Waals surface area (Å²) in [6.07, 6.45) is 3.41. The molecule has 7 nitrogen and oxygen atoms in total. The van der Waals surface area contributed by atoms with Gasteiger partial charge in [-0.05, 0) is 51.0 Å². The summed E-state index contributed by atoms with van der Waals surface area (Å²) in [4.78, 5) is 24.1. The minimum absolute atomic E-state index is 0.111. The summed E-state index contributed by atoms with van der Waals surface area (Å²) in [6.45, 7) is 5.46. The van der Waals surface area contributed by atoms with E-state index in [0.29, 0.717) is 22.7 Å². The molecule has 0 aliphatic carbocycles. The van der Waals surface area contributed by atoms with Gasteiger partial charge in [-0.15, -0.1) is 0 Å². The molecule has 1 aliphatic rings. The van der Waals surface area contributed by atoms with Crippen molar-refractivity contribution >= 4 is 11.7 Å². The maximum atomic E-state index is 12.9. The highest BCUT2D eigenvalue weighted by atomic mass is 16.5. The van der Waals surface area contributed by atoms with E-state index in [1.54, 1.807) is 13.1 Å². The average Bonchev–Trinajstić information content (AvgIpc) is 3.11. The van der Waals surface area contributed by atoms with Crippen molar-refractivity contribution < 1.29 is 9.32 Å². The molecule has 3 aromatic heterocycles. The highest BCUT2D eigenvalue weighted by Gasteiger charge is 2.26. The Morgan fingerprint density at radius 2 is 1.96 bits per heavy atom. The van der Waals surface area contributed by atoms with Gasteiger partial charge in [0, 0.05) is 31.0 Å². The SMILES string of the molecule is Cc1cccc(N2CCC(NC(=O)c3c(-c4ccccn4)noc3C)CC2)n1. The van der Waals surface area contributed by atoms with E-state index in [1.807, 2.05) is 43.3 Å². The predicted octanol–water partition coefficient (Wildman–Crippen LogP) is 3.15. The Hall–Kier alpha value is -3.22. The molecule has 7 heteroatoms. The monoisotopic (exact) mass is 377 g/mol. The number of carbonyl (C=O) groups is 1. The minimum atomic E-state index is -0.161. The van der Waals surface area contributed by atoms with E-state index in [4.69, 9.17) is 4.52 Å². The second-order valence-corrected chi connectivity index (χ2v) is 7.05. The standard InChI is InChI=1S/C21H23N5O2/c1-14-6-5-8-18(23-14)26-12-9-16(10-13-26)24-21(27)19-15(2)28-25-20(19)17-7-3-4-11-22-17/h3-8,11,16H,9-10,12-13H2,1-2H3,(H,24,27). The normalized spacial score (nSPS) is 14.9. The van der Waals surface area contributed by atoms with E-state index in [-0.39, 0.29) is 11.9 Å². The molecule has 0 spiro atoms. The fraction of sp³-hybridized carbons (Fsp3) is 0.333. The van der Waals surface area contributed by atoms with Gasteiger partial charge in [-0.3, -0.25) is 9.78 Å². The molecule has 3 aromatic rings. The van der Waals surface area contributed by atoms with Crippen molar-refractivity contribution in [1.82, 2.24) is 20.4 Å². The van der Waals surface area contributed by atoms with Gasteiger partial charge < -0.3 is 14.7 Å². The zero-order valence-electron chi connectivity index (χ0n) is 16.1. The van der Waals surface area contributed by atoms with Crippen LogP contribution in [0.25, 0.3) is 11.4 Å². The number of nitrogens with one attached hydrogen (secondary N) is 1. The average molecular weight is 377 g/mol. The molecule has 4 heterocycles. The Morgan fingerprint density at radius 3 is 2.68 bits per heavy atom. The highest BCUT2D eigenvalue weighted by Crippen LogP contribution is 2.24. The number of rotatable bonds is 4. The third-order valence-electron chi connectivity index (χ3n) is 5.03. The summed E-state index contributed by atoms with van der Waals surface area (Å²) >= 11 is 0. The minimum Gasteiger partial charge on any atom is -0.360 e. The van der Waals surface area contributed by atoms with E-state index < -0.39 is 0 Å². The second kappa shape index (κ2) is 7.80. The smallest absolute Gasteiger partial charge is 0.257 e. The number of carbonyl (C=O) groups excluding carboxylic acids is 1. The van der Waals surface area contributed by atoms with Crippen molar-refractivity contribution in [3.8, 4) is 11.4 Å². The van der Waals surface area contributed by atoms with Gasteiger partial charge in [0.25, 0.3) is 5.91 Å². The van der Waals surface area contributed by atoms with E-state index in [9.17, 15) is 4.79 Å². The molecular weight excluding hydrogens is 354 g/mol. The van der Waals surface area contributed by atoms with Crippen LogP contribution in [0.3, 0.4) is 0 Å². The van der Waals surface area contributed by atoms with Crippen LogP contribution in [-0.4, -0.2) is 40.2 Å². The van der Waals surface area contributed by atoms with Gasteiger partial charge in [-0.1, -0.05) is 17.3 Å². The van der Waals surface area contributed by atoms with Crippen LogP contribution in [0, 0.1) is 13.8 Å². The number of piperidine rings is 1. The second-order valence-electron chi connectivity index (χ2n) is 7.05. The molecule has 4 rings (SSSR count). The third-order valence-corrected chi connectivity index (χ3v) is 5.03. The van der Waals surface area contributed by atoms with Crippen LogP contribution >= 0.6 is 0 Å². The van der Waals surface area contributed by atoms with Gasteiger partial charge in [0.1, 0.15) is 22.8 Å². The molecule has 28 heavy (non-hydrogen) atoms. The summed E-state index contributed by atoms with van der Waals surface area (Å²) in [6, 6.07) is 11.7. The lowest BCUT2D eigenvalue weighted by atomic mass is 10.0. The van der Waals surface area contributed by atoms with Crippen LogP contribution in [0.15, 0.2) is 47.1 Å². The molecule has 1 N–H and O–H groups in total. The van der Waals surface area contributed by atoms with Crippen molar-refractivity contribution in [1.29, 1.82) is 0 Å². The maximum absolute atomic E-state index is 12.9. The molecule has 0 radical (unpaired) electrons. The van der Waals surface area contributed by atoms with E-state index in [0.717, 1.165) is 37.4 Å². The molecule has 1 amide bonds. The Balaban J connectivity index is 1.43. The molecule has 0 saturated carbocycles. The van der Waals surface area contributed by atoms with Gasteiger partial charge in [0.15, 0.2) is 0 Å². The number of anilines is 1. The molecule has 1 saturated heterocycles. The Kier molecular flexibility index (Phi) is 5.06. The van der Waals surface area contributed by atoms with E-state index >= 15 is 0 Å². The molecule has 0 bridgehead atoms. The molecule has 0 aromatic carbocycles. The van der Waals surface area contributed by atoms with Gasteiger partial charge in [0.2, 0.25) is 0 Å². The Morgan fingerprint density at radius 1 is 1.14 bits per heavy atom. The lowest BCUT2D eigenvalue weighted by Crippen LogP contribution is -2.45. The highest BCUT2D eigenvalue weighted by molar-refractivity contribution is 6.00. The summed E-state index contributed by atoms with van der Waals surface area (Å²) in [5.41, 5.74) is 2.58. The maximum Gasteiger partial charge on any atom is 0.257 e. The van der Waals surface area contributed by atoms with Crippen LogP contribution in [0.2, 0.25) is 0 Å². The van der Waals surface area contributed by atoms with Crippen LogP contribution in [-0.2, 0) is 0 Å². The number of hydrogen-bond donors (Lipinski definition) is 1. The fourth-order valence-corrected chi connectivity index (χ4v) is 3.53. The van der Waals surface area contributed by atoms with E-state index in [2.05, 4.69) is 25.3 Å². The van der Waals surface area contributed by atoms with E-state index in [1.165, 1.54) is 0 Å². The third kappa shape index (κ3) is 3.74. The zero-order chi connectivity index (χ0) is 19.5. The summed E-state index contributed by atoms with van der Waals surface area (Å²) in [5.74, 6) is 1.34. The Bertz CT molecular complexity index is 962. The Labute approximate surface area is 163 Å². The summed E-state index contributed by atoms with van der Waals surface area (Å²) in [7, 11) is 0. The first-order valence-electron chi connectivity index (χ1n) is 9.49. The first kappa shape index (κ1) is 18.2. The van der Waals surface area contributed by atoms with Gasteiger partial charge in [-0.2, -0.15) is 0 Å². The largest absolute Gasteiger partial charge is 0.360 e. The summed E-state index contributed by atoms with van der Waals surface area (Å²) in [5, 5.41) is 7.19. The molecule has 1 aliphatic heterocycles. The van der Waals surface area contributed by atoms with Crippen molar-refractivity contribution in [2.45, 2.75) is 32.7 Å². The number of hydrogen-bond acceptors (Lipinski definition) is 6. The molecule has 1 fully saturated rings. The molecule has 0 unspecified atom stereocenters. The van der Waals surface area contributed by atoms with Crippen LogP contribution in [0.1, 0.15) is 34.7 Å². The van der Waals surface area contributed by atoms with Crippen molar-refractivity contribution in [3.05, 3.63) is 59.6 Å². The predicted molar refractivity (Wildman–Crippen MR) is 106 cm³/mol. The number of aryl methyl sites for hydroxylation is 2. The van der Waals surface area contributed by atoms with Crippen LogP contribution in [0.5, 0.6) is 0 Å².